The number of nitrogens with one attached hydrogen (secondary N) is 2. The fourth-order valence-electron chi connectivity index (χ4n) is 1.67. The van der Waals surface area contributed by atoms with Crippen molar-refractivity contribution in [1.82, 2.24) is 10.6 Å². The maximum absolute atomic E-state index is 12.1. The van der Waals surface area contributed by atoms with Crippen LogP contribution >= 0.6 is 0 Å². The maximum atomic E-state index is 12.1. The van der Waals surface area contributed by atoms with Gasteiger partial charge in [0.1, 0.15) is 17.1 Å². The lowest BCUT2D eigenvalue weighted by molar-refractivity contribution is -0.120. The van der Waals surface area contributed by atoms with Crippen LogP contribution in [-0.4, -0.2) is 39.1 Å². The molecule has 0 saturated heterocycles. The van der Waals surface area contributed by atoms with Gasteiger partial charge in [-0.25, -0.2) is 0 Å². The predicted octanol–water partition coefficient (Wildman–Crippen LogP) is 0.960. The van der Waals surface area contributed by atoms with Crippen LogP contribution in [0, 0.1) is 0 Å². The summed E-state index contributed by atoms with van der Waals surface area (Å²) >= 11 is 0. The minimum absolute atomic E-state index is 0.0471. The van der Waals surface area contributed by atoms with Gasteiger partial charge in [-0.15, -0.1) is 0 Å². The summed E-state index contributed by atoms with van der Waals surface area (Å²) in [5.41, 5.74) is 0.347. The molecule has 2 amide bonds. The van der Waals surface area contributed by atoms with Gasteiger partial charge < -0.3 is 20.1 Å². The molecule has 0 radical (unpaired) electrons. The Morgan fingerprint density at radius 1 is 1.05 bits per heavy atom. The molecule has 0 saturated carbocycles. The molecular formula is C14H20N2O4. The summed E-state index contributed by atoms with van der Waals surface area (Å²) in [6, 6.07) is 5.13. The van der Waals surface area contributed by atoms with Gasteiger partial charge >= 0.3 is 0 Å². The molecule has 0 aliphatic heterocycles. The molecule has 2 N–H and O–H groups in total. The molecule has 0 fully saturated rings. The third-order valence-corrected chi connectivity index (χ3v) is 2.71. The van der Waals surface area contributed by atoms with Crippen molar-refractivity contribution in [3.63, 3.8) is 0 Å². The maximum Gasteiger partial charge on any atom is 0.258 e. The van der Waals surface area contributed by atoms with Gasteiger partial charge in [0.2, 0.25) is 5.91 Å². The monoisotopic (exact) mass is 280 g/mol. The summed E-state index contributed by atoms with van der Waals surface area (Å²) in [6.45, 7) is 2.50. The van der Waals surface area contributed by atoms with E-state index < -0.39 is 0 Å². The quantitative estimate of drug-likeness (QED) is 0.729. The Labute approximate surface area is 118 Å². The molecule has 0 aliphatic rings. The average Bonchev–Trinajstić information content (AvgIpc) is 2.49. The van der Waals surface area contributed by atoms with Crippen molar-refractivity contribution >= 4 is 11.8 Å². The van der Waals surface area contributed by atoms with Crippen molar-refractivity contribution in [2.75, 3.05) is 27.3 Å². The van der Waals surface area contributed by atoms with Gasteiger partial charge in [0.25, 0.3) is 5.91 Å². The van der Waals surface area contributed by atoms with Crippen molar-refractivity contribution in [3.8, 4) is 11.5 Å². The summed E-state index contributed by atoms with van der Waals surface area (Å²) in [6.07, 6.45) is 0.425. The molecule has 0 aliphatic carbocycles. The molecular weight excluding hydrogens is 260 g/mol. The van der Waals surface area contributed by atoms with Gasteiger partial charge in [0.15, 0.2) is 0 Å². The fourth-order valence-corrected chi connectivity index (χ4v) is 1.67. The smallest absolute Gasteiger partial charge is 0.258 e. The predicted molar refractivity (Wildman–Crippen MR) is 75.2 cm³/mol. The number of rotatable bonds is 7. The van der Waals surface area contributed by atoms with Gasteiger partial charge in [-0.3, -0.25) is 9.59 Å². The summed E-state index contributed by atoms with van der Waals surface area (Å²) in [7, 11) is 2.99. The van der Waals surface area contributed by atoms with Gasteiger partial charge in [0, 0.05) is 19.5 Å². The molecule has 1 aromatic carbocycles. The summed E-state index contributed by atoms with van der Waals surface area (Å²) in [5.74, 6) is 0.540. The van der Waals surface area contributed by atoms with E-state index in [4.69, 9.17) is 9.47 Å². The Bertz CT molecular complexity index is 452. The lowest BCUT2D eigenvalue weighted by atomic mass is 10.1. The Hall–Kier alpha value is -2.24. The van der Waals surface area contributed by atoms with E-state index in [1.54, 1.807) is 25.1 Å². The van der Waals surface area contributed by atoms with Crippen molar-refractivity contribution in [2.45, 2.75) is 13.3 Å². The standard InChI is InChI=1S/C14H20N2O4/c1-4-12(17)15-8-9-16-14(18)13-10(19-2)6-5-7-11(13)20-3/h5-7H,4,8-9H2,1-3H3,(H,15,17)(H,16,18). The molecule has 0 bridgehead atoms. The molecule has 0 heterocycles. The lowest BCUT2D eigenvalue weighted by Crippen LogP contribution is -2.34. The van der Waals surface area contributed by atoms with Crippen LogP contribution in [0.15, 0.2) is 18.2 Å². The van der Waals surface area contributed by atoms with Crippen molar-refractivity contribution in [3.05, 3.63) is 23.8 Å². The molecule has 0 unspecified atom stereocenters. The number of hydrogen-bond acceptors (Lipinski definition) is 4. The first-order valence-electron chi connectivity index (χ1n) is 6.39. The third kappa shape index (κ3) is 4.15. The van der Waals surface area contributed by atoms with E-state index in [-0.39, 0.29) is 11.8 Å². The number of carbonyl (C=O) groups is 2. The van der Waals surface area contributed by atoms with Crippen LogP contribution < -0.4 is 20.1 Å². The van der Waals surface area contributed by atoms with Gasteiger partial charge in [-0.05, 0) is 12.1 Å². The Balaban J connectivity index is 2.65. The number of methoxy groups -OCH3 is 2. The number of carbonyl (C=O) groups excluding carboxylic acids is 2. The van der Waals surface area contributed by atoms with Crippen LogP contribution in [0.4, 0.5) is 0 Å². The largest absolute Gasteiger partial charge is 0.496 e. The Morgan fingerprint density at radius 3 is 2.10 bits per heavy atom. The SMILES string of the molecule is CCC(=O)NCCNC(=O)c1c(OC)cccc1OC. The summed E-state index contributed by atoms with van der Waals surface area (Å²) in [4.78, 5) is 23.2. The highest BCUT2D eigenvalue weighted by Crippen LogP contribution is 2.27. The van der Waals surface area contributed by atoms with Crippen molar-refractivity contribution in [2.24, 2.45) is 0 Å². The number of hydrogen-bond donors (Lipinski definition) is 2. The Morgan fingerprint density at radius 2 is 1.60 bits per heavy atom. The second-order valence-corrected chi connectivity index (χ2v) is 4.00. The van der Waals surface area contributed by atoms with E-state index >= 15 is 0 Å². The Kier molecular flexibility index (Phi) is 6.36. The number of amides is 2. The van der Waals surface area contributed by atoms with Crippen molar-refractivity contribution in [1.29, 1.82) is 0 Å². The topological polar surface area (TPSA) is 76.7 Å². The van der Waals surface area contributed by atoms with E-state index in [9.17, 15) is 9.59 Å². The lowest BCUT2D eigenvalue weighted by Gasteiger charge is -2.13. The molecule has 1 aromatic rings. The number of benzene rings is 1. The fraction of sp³-hybridized carbons (Fsp3) is 0.429. The molecule has 0 atom stereocenters. The van der Waals surface area contributed by atoms with Gasteiger partial charge in [-0.1, -0.05) is 13.0 Å². The third-order valence-electron chi connectivity index (χ3n) is 2.71. The van der Waals surface area contributed by atoms with Crippen LogP contribution in [0.1, 0.15) is 23.7 Å². The normalized spacial score (nSPS) is 9.75. The zero-order valence-corrected chi connectivity index (χ0v) is 12.0. The minimum atomic E-state index is -0.301. The van der Waals surface area contributed by atoms with Gasteiger partial charge in [0.05, 0.1) is 14.2 Å². The molecule has 110 valence electrons. The van der Waals surface area contributed by atoms with E-state index in [2.05, 4.69) is 10.6 Å². The zero-order valence-electron chi connectivity index (χ0n) is 12.0. The van der Waals surface area contributed by atoms with Crippen LogP contribution in [0.25, 0.3) is 0 Å². The average molecular weight is 280 g/mol. The van der Waals surface area contributed by atoms with Gasteiger partial charge in [-0.2, -0.15) is 0 Å². The molecule has 6 heteroatoms. The zero-order chi connectivity index (χ0) is 15.0. The first kappa shape index (κ1) is 15.8. The van der Waals surface area contributed by atoms with Crippen LogP contribution in [-0.2, 0) is 4.79 Å². The van der Waals surface area contributed by atoms with E-state index in [0.29, 0.717) is 36.6 Å². The van der Waals surface area contributed by atoms with E-state index in [1.807, 2.05) is 0 Å². The van der Waals surface area contributed by atoms with Crippen LogP contribution in [0.2, 0.25) is 0 Å². The van der Waals surface area contributed by atoms with Crippen LogP contribution in [0.5, 0.6) is 11.5 Å². The first-order chi connectivity index (χ1) is 9.63. The highest BCUT2D eigenvalue weighted by Gasteiger charge is 2.17. The second-order valence-electron chi connectivity index (χ2n) is 4.00. The number of ether oxygens (including phenoxy) is 2. The highest BCUT2D eigenvalue weighted by atomic mass is 16.5. The molecule has 1 rings (SSSR count). The second kappa shape index (κ2) is 8.04. The van der Waals surface area contributed by atoms with Crippen LogP contribution in [0.3, 0.4) is 0 Å². The molecule has 0 aromatic heterocycles. The first-order valence-corrected chi connectivity index (χ1v) is 6.39. The van der Waals surface area contributed by atoms with E-state index in [1.165, 1.54) is 14.2 Å². The molecule has 20 heavy (non-hydrogen) atoms. The molecule has 6 nitrogen and oxygen atoms in total. The summed E-state index contributed by atoms with van der Waals surface area (Å²) < 4.78 is 10.3. The van der Waals surface area contributed by atoms with E-state index in [0.717, 1.165) is 0 Å². The highest BCUT2D eigenvalue weighted by molar-refractivity contribution is 5.99. The minimum Gasteiger partial charge on any atom is -0.496 e. The summed E-state index contributed by atoms with van der Waals surface area (Å²) in [5, 5.41) is 5.39. The van der Waals surface area contributed by atoms with Crippen molar-refractivity contribution < 1.29 is 19.1 Å². The molecule has 0 spiro atoms.